The monoisotopic (exact) mass is 390 g/mol. The van der Waals surface area contributed by atoms with Crippen LogP contribution in [0.2, 0.25) is 10.0 Å². The summed E-state index contributed by atoms with van der Waals surface area (Å²) in [7, 11) is 0. The molecule has 0 aliphatic heterocycles. The van der Waals surface area contributed by atoms with Gasteiger partial charge in [0, 0.05) is 11.5 Å². The summed E-state index contributed by atoms with van der Waals surface area (Å²) in [5.41, 5.74) is 3.69. The van der Waals surface area contributed by atoms with Gasteiger partial charge in [-0.2, -0.15) is 5.10 Å². The van der Waals surface area contributed by atoms with Crippen LogP contribution in [-0.4, -0.2) is 12.1 Å². The highest BCUT2D eigenvalue weighted by Crippen LogP contribution is 2.66. The number of carbonyl (C=O) groups excluding carboxylic acids is 1. The minimum Gasteiger partial charge on any atom is -0.455 e. The average molecular weight is 391 g/mol. The van der Waals surface area contributed by atoms with Crippen LogP contribution in [0.15, 0.2) is 39.9 Å². The topological polar surface area (TPSA) is 54.6 Å². The number of nitrogens with one attached hydrogen (secondary N) is 1. The molecule has 0 bridgehead atoms. The minimum absolute atomic E-state index is 0.0203. The van der Waals surface area contributed by atoms with E-state index < -0.39 is 0 Å². The highest BCUT2D eigenvalue weighted by atomic mass is 35.5. The lowest BCUT2D eigenvalue weighted by Gasteiger charge is -2.15. The maximum atomic E-state index is 12.4. The second kappa shape index (κ2) is 6.75. The first-order valence-corrected chi connectivity index (χ1v) is 9.63. The van der Waals surface area contributed by atoms with Crippen molar-refractivity contribution in [3.8, 4) is 11.3 Å². The van der Waals surface area contributed by atoms with Crippen molar-refractivity contribution in [3.63, 3.8) is 0 Å². The second-order valence-corrected chi connectivity index (χ2v) is 8.22. The first-order chi connectivity index (χ1) is 12.5. The summed E-state index contributed by atoms with van der Waals surface area (Å²) in [5.74, 6) is 1.87. The van der Waals surface area contributed by atoms with Crippen LogP contribution in [-0.2, 0) is 4.79 Å². The third-order valence-corrected chi connectivity index (χ3v) is 6.55. The molecule has 1 aromatic carbocycles. The Morgan fingerprint density at radius 1 is 1.27 bits per heavy atom. The van der Waals surface area contributed by atoms with E-state index >= 15 is 0 Å². The SMILES string of the molecule is C[C@]12CCCC[C@H]1[C@H]2C(=O)N/N=C\c1ccc(-c2ccc(Cl)c(Cl)c2)o1. The Labute approximate surface area is 162 Å². The Balaban J connectivity index is 1.38. The number of rotatable bonds is 4. The fraction of sp³-hybridized carbons (Fsp3) is 0.400. The molecule has 2 saturated carbocycles. The molecule has 2 fully saturated rings. The maximum absolute atomic E-state index is 12.4. The quantitative estimate of drug-likeness (QED) is 0.550. The van der Waals surface area contributed by atoms with E-state index in [0.29, 0.717) is 27.5 Å². The van der Waals surface area contributed by atoms with Gasteiger partial charge >= 0.3 is 0 Å². The number of carbonyl (C=O) groups is 1. The van der Waals surface area contributed by atoms with Crippen molar-refractivity contribution >= 4 is 35.3 Å². The van der Waals surface area contributed by atoms with Crippen molar-refractivity contribution in [1.29, 1.82) is 0 Å². The van der Waals surface area contributed by atoms with E-state index in [0.717, 1.165) is 18.4 Å². The van der Waals surface area contributed by atoms with Gasteiger partial charge in [-0.3, -0.25) is 4.79 Å². The molecule has 0 saturated heterocycles. The zero-order chi connectivity index (χ0) is 18.3. The van der Waals surface area contributed by atoms with E-state index in [4.69, 9.17) is 27.6 Å². The summed E-state index contributed by atoms with van der Waals surface area (Å²) in [6.45, 7) is 2.22. The Kier molecular flexibility index (Phi) is 4.57. The predicted octanol–water partition coefficient (Wildman–Crippen LogP) is 5.53. The lowest BCUT2D eigenvalue weighted by Crippen LogP contribution is -2.22. The fourth-order valence-electron chi connectivity index (χ4n) is 4.31. The molecule has 4 rings (SSSR count). The number of hydrogen-bond acceptors (Lipinski definition) is 3. The molecule has 136 valence electrons. The molecule has 2 aromatic rings. The molecule has 2 aliphatic carbocycles. The summed E-state index contributed by atoms with van der Waals surface area (Å²) in [6, 6.07) is 8.95. The van der Waals surface area contributed by atoms with E-state index in [1.54, 1.807) is 18.2 Å². The van der Waals surface area contributed by atoms with Crippen molar-refractivity contribution in [3.05, 3.63) is 46.1 Å². The van der Waals surface area contributed by atoms with Crippen LogP contribution >= 0.6 is 23.2 Å². The van der Waals surface area contributed by atoms with Crippen LogP contribution in [0.25, 0.3) is 11.3 Å². The normalized spacial score (nSPS) is 27.3. The minimum atomic E-state index is 0.0203. The number of hydrogen-bond donors (Lipinski definition) is 1. The summed E-state index contributed by atoms with van der Waals surface area (Å²) in [6.07, 6.45) is 6.28. The highest BCUT2D eigenvalue weighted by molar-refractivity contribution is 6.42. The van der Waals surface area contributed by atoms with Gasteiger partial charge in [-0.15, -0.1) is 0 Å². The molecule has 1 amide bonds. The Morgan fingerprint density at radius 2 is 2.12 bits per heavy atom. The average Bonchev–Trinajstić information content (AvgIpc) is 2.98. The van der Waals surface area contributed by atoms with Crippen LogP contribution < -0.4 is 5.43 Å². The highest BCUT2D eigenvalue weighted by Gasteiger charge is 2.64. The van der Waals surface area contributed by atoms with E-state index in [1.165, 1.54) is 19.1 Å². The Morgan fingerprint density at radius 3 is 2.85 bits per heavy atom. The number of hydrazone groups is 1. The van der Waals surface area contributed by atoms with Crippen molar-refractivity contribution in [2.75, 3.05) is 0 Å². The number of fused-ring (bicyclic) bond motifs is 1. The molecule has 1 heterocycles. The first kappa shape index (κ1) is 17.6. The molecule has 26 heavy (non-hydrogen) atoms. The van der Waals surface area contributed by atoms with Crippen LogP contribution in [0.5, 0.6) is 0 Å². The van der Waals surface area contributed by atoms with Crippen LogP contribution in [0.1, 0.15) is 38.4 Å². The van der Waals surface area contributed by atoms with Gasteiger partial charge in [-0.05, 0) is 54.5 Å². The molecule has 1 aromatic heterocycles. The maximum Gasteiger partial charge on any atom is 0.244 e. The first-order valence-electron chi connectivity index (χ1n) is 8.87. The molecule has 0 unspecified atom stereocenters. The van der Waals surface area contributed by atoms with Gasteiger partial charge < -0.3 is 4.42 Å². The summed E-state index contributed by atoms with van der Waals surface area (Å²) >= 11 is 12.0. The lowest BCUT2D eigenvalue weighted by atomic mass is 9.90. The van der Waals surface area contributed by atoms with Crippen molar-refractivity contribution in [2.24, 2.45) is 22.4 Å². The van der Waals surface area contributed by atoms with Crippen molar-refractivity contribution in [1.82, 2.24) is 5.43 Å². The standard InChI is InChI=1S/C20H20Cl2N2O2/c1-20-9-3-2-4-14(20)18(20)19(25)24-23-11-13-6-8-17(26-13)12-5-7-15(21)16(22)10-12/h5-8,10-11,14,18H,2-4,9H2,1H3,(H,24,25)/b23-11-/t14-,18-,20-/m0/s1. The van der Waals surface area contributed by atoms with Crippen LogP contribution in [0, 0.1) is 17.3 Å². The molecule has 0 spiro atoms. The molecule has 4 nitrogen and oxygen atoms in total. The molecule has 0 radical (unpaired) electrons. The molecular formula is C20H20Cl2N2O2. The van der Waals surface area contributed by atoms with E-state index in [-0.39, 0.29) is 17.2 Å². The number of benzene rings is 1. The molecule has 2 aliphatic rings. The van der Waals surface area contributed by atoms with Gasteiger partial charge in [0.25, 0.3) is 0 Å². The van der Waals surface area contributed by atoms with E-state index in [9.17, 15) is 4.79 Å². The number of nitrogens with zero attached hydrogens (tertiary/aromatic N) is 1. The fourth-order valence-corrected chi connectivity index (χ4v) is 4.60. The smallest absolute Gasteiger partial charge is 0.244 e. The van der Waals surface area contributed by atoms with Gasteiger partial charge in [0.15, 0.2) is 0 Å². The van der Waals surface area contributed by atoms with Gasteiger partial charge in [0.05, 0.1) is 16.3 Å². The van der Waals surface area contributed by atoms with Gasteiger partial charge in [-0.25, -0.2) is 5.43 Å². The third kappa shape index (κ3) is 3.17. The summed E-state index contributed by atoms with van der Waals surface area (Å²) in [4.78, 5) is 12.4. The largest absolute Gasteiger partial charge is 0.455 e. The Hall–Kier alpha value is -1.78. The number of furan rings is 1. The number of amides is 1. The van der Waals surface area contributed by atoms with Crippen molar-refractivity contribution in [2.45, 2.75) is 32.6 Å². The van der Waals surface area contributed by atoms with Gasteiger partial charge in [0.1, 0.15) is 11.5 Å². The summed E-state index contributed by atoms with van der Waals surface area (Å²) in [5, 5.41) is 5.04. The lowest BCUT2D eigenvalue weighted by molar-refractivity contribution is -0.123. The van der Waals surface area contributed by atoms with Crippen LogP contribution in [0.4, 0.5) is 0 Å². The van der Waals surface area contributed by atoms with Gasteiger partial charge in [0.2, 0.25) is 5.91 Å². The van der Waals surface area contributed by atoms with E-state index in [2.05, 4.69) is 17.5 Å². The third-order valence-electron chi connectivity index (χ3n) is 5.81. The number of halogens is 2. The van der Waals surface area contributed by atoms with Gasteiger partial charge in [-0.1, -0.05) is 43.0 Å². The van der Waals surface area contributed by atoms with E-state index in [1.807, 2.05) is 12.1 Å². The molecular weight excluding hydrogens is 371 g/mol. The molecule has 1 N–H and O–H groups in total. The Bertz CT molecular complexity index is 876. The zero-order valence-corrected chi connectivity index (χ0v) is 16.0. The molecule has 6 heteroatoms. The second-order valence-electron chi connectivity index (χ2n) is 7.40. The zero-order valence-electron chi connectivity index (χ0n) is 14.5. The summed E-state index contributed by atoms with van der Waals surface area (Å²) < 4.78 is 5.73. The predicted molar refractivity (Wildman–Crippen MR) is 103 cm³/mol. The van der Waals surface area contributed by atoms with Crippen molar-refractivity contribution < 1.29 is 9.21 Å². The molecule has 3 atom stereocenters. The van der Waals surface area contributed by atoms with Crippen LogP contribution in [0.3, 0.4) is 0 Å².